The number of thioether (sulfide) groups is 1. The third kappa shape index (κ3) is 10.6. The summed E-state index contributed by atoms with van der Waals surface area (Å²) in [4.78, 5) is 44.9. The number of carbonyl (C=O) groups excluding carboxylic acids is 2. The van der Waals surface area contributed by atoms with Gasteiger partial charge in [0.05, 0.1) is 4.36 Å². The zero-order valence-corrected chi connectivity index (χ0v) is 16.2. The lowest BCUT2D eigenvalue weighted by Crippen LogP contribution is -2.49. The highest BCUT2D eigenvalue weighted by Crippen LogP contribution is 2.37. The molecule has 0 saturated heterocycles. The Hall–Kier alpha value is -1.70. The Morgan fingerprint density at radius 3 is 2.18 bits per heavy atom. The second-order valence-electron chi connectivity index (χ2n) is 5.11. The van der Waals surface area contributed by atoms with Crippen molar-refractivity contribution in [3.05, 3.63) is 9.40 Å². The Morgan fingerprint density at radius 2 is 1.71 bits per heavy atom. The molecule has 15 heteroatoms. The summed E-state index contributed by atoms with van der Waals surface area (Å²) in [6, 6.07) is -2.80. The summed E-state index contributed by atoms with van der Waals surface area (Å²) in [5.41, 5.74) is 5.24. The number of aliphatic carboxylic acids is 2. The van der Waals surface area contributed by atoms with Gasteiger partial charge in [0.1, 0.15) is 23.7 Å². The van der Waals surface area contributed by atoms with Gasteiger partial charge in [0.2, 0.25) is 11.8 Å². The standard InChI is InChI=1S/C13H16Cl2F3N3O6S/c14-9(13(16,17)18)10(15)28-4-6(11(25)20-3-8(23)24)21-7(22)2-1-5(19)12(26)27/h5-6H,1-4,19H2,(H,20,25)(H,21,22)(H,23,24)(H,26,27)/b10-9-/t5-,6-/m0/s1. The molecule has 9 nitrogen and oxygen atoms in total. The maximum Gasteiger partial charge on any atom is 0.428 e. The van der Waals surface area contributed by atoms with Gasteiger partial charge in [0.15, 0.2) is 0 Å². The molecule has 28 heavy (non-hydrogen) atoms. The van der Waals surface area contributed by atoms with E-state index in [9.17, 15) is 32.3 Å². The van der Waals surface area contributed by atoms with Crippen molar-refractivity contribution in [2.75, 3.05) is 12.3 Å². The number of carbonyl (C=O) groups is 4. The molecule has 160 valence electrons. The van der Waals surface area contributed by atoms with Crippen molar-refractivity contribution in [3.8, 4) is 0 Å². The summed E-state index contributed by atoms with van der Waals surface area (Å²) in [7, 11) is 0. The van der Waals surface area contributed by atoms with Gasteiger partial charge in [-0.05, 0) is 6.42 Å². The molecular weight excluding hydrogens is 454 g/mol. The number of nitrogens with two attached hydrogens (primary N) is 1. The van der Waals surface area contributed by atoms with E-state index in [1.54, 1.807) is 0 Å². The highest BCUT2D eigenvalue weighted by molar-refractivity contribution is 8.04. The van der Waals surface area contributed by atoms with Gasteiger partial charge in [-0.3, -0.25) is 19.2 Å². The van der Waals surface area contributed by atoms with E-state index in [0.717, 1.165) is 0 Å². The second kappa shape index (κ2) is 12.0. The second-order valence-corrected chi connectivity index (χ2v) is 7.12. The van der Waals surface area contributed by atoms with E-state index in [-0.39, 0.29) is 6.42 Å². The number of nitrogens with one attached hydrogen (secondary N) is 2. The molecule has 2 atom stereocenters. The molecule has 0 fully saturated rings. The van der Waals surface area contributed by atoms with E-state index in [1.165, 1.54) is 0 Å². The Bertz CT molecular complexity index is 647. The van der Waals surface area contributed by atoms with Crippen LogP contribution in [0.15, 0.2) is 9.40 Å². The van der Waals surface area contributed by atoms with Gasteiger partial charge in [0, 0.05) is 12.2 Å². The van der Waals surface area contributed by atoms with E-state index >= 15 is 0 Å². The Balaban J connectivity index is 5.06. The number of amides is 2. The topological polar surface area (TPSA) is 159 Å². The highest BCUT2D eigenvalue weighted by atomic mass is 35.5. The molecule has 0 aromatic heterocycles. The maximum absolute atomic E-state index is 12.5. The number of rotatable bonds is 11. The summed E-state index contributed by atoms with van der Waals surface area (Å²) >= 11 is 10.8. The van der Waals surface area contributed by atoms with Gasteiger partial charge in [-0.15, -0.1) is 11.8 Å². The van der Waals surface area contributed by atoms with Crippen molar-refractivity contribution in [1.29, 1.82) is 0 Å². The van der Waals surface area contributed by atoms with Crippen LogP contribution in [0.5, 0.6) is 0 Å². The largest absolute Gasteiger partial charge is 0.480 e. The minimum Gasteiger partial charge on any atom is -0.480 e. The van der Waals surface area contributed by atoms with E-state index in [4.69, 9.17) is 39.1 Å². The van der Waals surface area contributed by atoms with Crippen LogP contribution in [0.25, 0.3) is 0 Å². The van der Waals surface area contributed by atoms with Gasteiger partial charge in [-0.2, -0.15) is 13.2 Å². The highest BCUT2D eigenvalue weighted by Gasteiger charge is 2.35. The van der Waals surface area contributed by atoms with Crippen molar-refractivity contribution in [3.63, 3.8) is 0 Å². The molecule has 0 aliphatic heterocycles. The smallest absolute Gasteiger partial charge is 0.428 e. The van der Waals surface area contributed by atoms with Crippen molar-refractivity contribution >= 4 is 58.7 Å². The number of carboxylic acid groups (broad SMARTS) is 2. The average molecular weight is 470 g/mol. The quantitative estimate of drug-likeness (QED) is 0.297. The van der Waals surface area contributed by atoms with Crippen LogP contribution in [-0.2, 0) is 19.2 Å². The van der Waals surface area contributed by atoms with E-state index in [2.05, 4.69) is 5.32 Å². The molecule has 0 aliphatic rings. The van der Waals surface area contributed by atoms with Crippen LogP contribution in [0.4, 0.5) is 13.2 Å². The minimum atomic E-state index is -4.91. The van der Waals surface area contributed by atoms with Crippen LogP contribution in [0, 0.1) is 0 Å². The first-order chi connectivity index (χ1) is 12.8. The molecule has 2 amide bonds. The SMILES string of the molecule is N[C@@H](CCC(=O)N[C@@H](CS/C(Cl)=C(\Cl)C(F)(F)F)C(=O)NCC(=O)O)C(=O)O. The Morgan fingerprint density at radius 1 is 1.14 bits per heavy atom. The van der Waals surface area contributed by atoms with Crippen LogP contribution >= 0.6 is 35.0 Å². The first kappa shape index (κ1) is 26.3. The molecule has 0 radical (unpaired) electrons. The fourth-order valence-electron chi connectivity index (χ4n) is 1.48. The molecule has 0 aromatic rings. The summed E-state index contributed by atoms with van der Waals surface area (Å²) < 4.78 is 36.6. The summed E-state index contributed by atoms with van der Waals surface area (Å²) in [6.07, 6.45) is -5.57. The third-order valence-electron chi connectivity index (χ3n) is 2.86. The van der Waals surface area contributed by atoms with Crippen molar-refractivity contribution < 1.29 is 42.6 Å². The van der Waals surface area contributed by atoms with Gasteiger partial charge in [0.25, 0.3) is 0 Å². The lowest BCUT2D eigenvalue weighted by atomic mass is 10.1. The Kier molecular flexibility index (Phi) is 11.3. The number of alkyl halides is 3. The van der Waals surface area contributed by atoms with Gasteiger partial charge >= 0.3 is 18.1 Å². The maximum atomic E-state index is 12.5. The average Bonchev–Trinajstić information content (AvgIpc) is 2.58. The normalized spacial score (nSPS) is 14.5. The lowest BCUT2D eigenvalue weighted by Gasteiger charge is -2.18. The number of hydrogen-bond acceptors (Lipinski definition) is 6. The number of hydrogen-bond donors (Lipinski definition) is 5. The number of carboxylic acids is 2. The minimum absolute atomic E-state index is 0.266. The van der Waals surface area contributed by atoms with Crippen LogP contribution in [-0.4, -0.2) is 64.5 Å². The number of halogens is 5. The zero-order valence-electron chi connectivity index (χ0n) is 13.9. The fourth-order valence-corrected chi connectivity index (χ4v) is 2.73. The van der Waals surface area contributed by atoms with Crippen LogP contribution < -0.4 is 16.4 Å². The van der Waals surface area contributed by atoms with Crippen molar-refractivity contribution in [2.24, 2.45) is 5.73 Å². The summed E-state index contributed by atoms with van der Waals surface area (Å²) in [5.74, 6) is -5.07. The summed E-state index contributed by atoms with van der Waals surface area (Å²) in [6.45, 7) is -0.799. The molecule has 6 N–H and O–H groups in total. The first-order valence-electron chi connectivity index (χ1n) is 7.28. The molecule has 0 unspecified atom stereocenters. The molecule has 0 aromatic carbocycles. The molecule has 0 spiro atoms. The fraction of sp³-hybridized carbons (Fsp3) is 0.538. The first-order valence-corrected chi connectivity index (χ1v) is 9.02. The van der Waals surface area contributed by atoms with Crippen molar-refractivity contribution in [2.45, 2.75) is 31.1 Å². The molecular formula is C13H16Cl2F3N3O6S. The monoisotopic (exact) mass is 469 g/mol. The Labute approximate surface area is 170 Å². The molecule has 0 saturated carbocycles. The summed E-state index contributed by atoms with van der Waals surface area (Å²) in [5, 5.41) is 19.7. The predicted octanol–water partition coefficient (Wildman–Crippen LogP) is 0.806. The predicted molar refractivity (Wildman–Crippen MR) is 94.7 cm³/mol. The molecule has 0 heterocycles. The van der Waals surface area contributed by atoms with E-state index < -0.39 is 70.1 Å². The third-order valence-corrected chi connectivity index (χ3v) is 4.95. The molecule has 0 aliphatic carbocycles. The molecule has 0 bridgehead atoms. The van der Waals surface area contributed by atoms with Gasteiger partial charge < -0.3 is 26.6 Å². The van der Waals surface area contributed by atoms with Gasteiger partial charge in [-0.25, -0.2) is 0 Å². The van der Waals surface area contributed by atoms with Crippen LogP contribution in [0.3, 0.4) is 0 Å². The van der Waals surface area contributed by atoms with E-state index in [1.807, 2.05) is 5.32 Å². The van der Waals surface area contributed by atoms with Crippen LogP contribution in [0.2, 0.25) is 0 Å². The van der Waals surface area contributed by atoms with Crippen LogP contribution in [0.1, 0.15) is 12.8 Å². The van der Waals surface area contributed by atoms with Crippen molar-refractivity contribution in [1.82, 2.24) is 10.6 Å². The molecule has 0 rings (SSSR count). The van der Waals surface area contributed by atoms with Gasteiger partial charge in [-0.1, -0.05) is 23.2 Å². The van der Waals surface area contributed by atoms with E-state index in [0.29, 0.717) is 11.8 Å². The zero-order chi connectivity index (χ0) is 22.1. The number of allylic oxidation sites excluding steroid dienone is 1. The lowest BCUT2D eigenvalue weighted by molar-refractivity contribution is -0.139.